The van der Waals surface area contributed by atoms with Crippen LogP contribution in [0.5, 0.6) is 17.2 Å². The molecular formula is C23H23BrN2O4. The molecule has 0 saturated heterocycles. The highest BCUT2D eigenvalue weighted by Crippen LogP contribution is 2.39. The number of nitrogens with zero attached hydrogens (tertiary/aromatic N) is 2. The summed E-state index contributed by atoms with van der Waals surface area (Å²) in [6, 6.07) is 11.2. The molecule has 1 amide bonds. The van der Waals surface area contributed by atoms with Gasteiger partial charge in [0.25, 0.3) is 5.91 Å². The number of alkyl halides is 1. The lowest BCUT2D eigenvalue weighted by Crippen LogP contribution is -2.32. The van der Waals surface area contributed by atoms with Crippen LogP contribution in [0.3, 0.4) is 0 Å². The molecule has 0 unspecified atom stereocenters. The van der Waals surface area contributed by atoms with Gasteiger partial charge >= 0.3 is 0 Å². The highest BCUT2D eigenvalue weighted by atomic mass is 79.9. The van der Waals surface area contributed by atoms with E-state index in [1.54, 1.807) is 31.3 Å². The smallest absolute Gasteiger partial charge is 0.260 e. The molecule has 1 atom stereocenters. The van der Waals surface area contributed by atoms with Gasteiger partial charge in [0, 0.05) is 30.2 Å². The van der Waals surface area contributed by atoms with Crippen LogP contribution in [0.15, 0.2) is 47.6 Å². The number of benzene rings is 2. The number of rotatable bonds is 7. The molecule has 2 aliphatic rings. The molecule has 0 spiro atoms. The average Bonchev–Trinajstić information content (AvgIpc) is 3.16. The maximum atomic E-state index is 13.3. The van der Waals surface area contributed by atoms with E-state index >= 15 is 0 Å². The maximum absolute atomic E-state index is 13.3. The van der Waals surface area contributed by atoms with Crippen molar-refractivity contribution in [1.82, 2.24) is 4.90 Å². The standard InChI is InChI=1S/C23H23BrN2O4/c1-28-18-6-4-15(5-7-18)16-10-17-13-25-20-12-22(30-9-3-8-24)21(29-2)11-19(20)23(27)26(17)14-16/h4-7,11-14,17H,3,8-10H2,1-2H3/t17-/m0/s1. The van der Waals surface area contributed by atoms with Crippen LogP contribution in [-0.4, -0.2) is 49.2 Å². The summed E-state index contributed by atoms with van der Waals surface area (Å²) in [7, 11) is 3.22. The van der Waals surface area contributed by atoms with E-state index in [0.29, 0.717) is 35.8 Å². The minimum absolute atomic E-state index is 0.0960. The molecule has 0 fully saturated rings. The van der Waals surface area contributed by atoms with Crippen molar-refractivity contribution in [2.24, 2.45) is 4.99 Å². The third-order valence-corrected chi connectivity index (χ3v) is 5.77. The van der Waals surface area contributed by atoms with Crippen LogP contribution in [-0.2, 0) is 0 Å². The van der Waals surface area contributed by atoms with Gasteiger partial charge in [-0.1, -0.05) is 28.1 Å². The Morgan fingerprint density at radius 1 is 1.13 bits per heavy atom. The number of amides is 1. The topological polar surface area (TPSA) is 60.4 Å². The first-order valence-corrected chi connectivity index (χ1v) is 10.9. The average molecular weight is 471 g/mol. The fourth-order valence-electron chi connectivity index (χ4n) is 3.61. The fraction of sp³-hybridized carbons (Fsp3) is 0.304. The van der Waals surface area contributed by atoms with Gasteiger partial charge in [-0.3, -0.25) is 9.79 Å². The van der Waals surface area contributed by atoms with Crippen LogP contribution < -0.4 is 14.2 Å². The molecule has 4 rings (SSSR count). The zero-order valence-electron chi connectivity index (χ0n) is 16.9. The first-order valence-electron chi connectivity index (χ1n) is 9.77. The molecule has 156 valence electrons. The zero-order valence-corrected chi connectivity index (χ0v) is 18.5. The Hall–Kier alpha value is -2.80. The lowest BCUT2D eigenvalue weighted by atomic mass is 10.0. The molecular weight excluding hydrogens is 448 g/mol. The molecule has 0 saturated carbocycles. The molecule has 7 heteroatoms. The molecule has 0 radical (unpaired) electrons. The molecule has 2 heterocycles. The van der Waals surface area contributed by atoms with E-state index in [1.165, 1.54) is 0 Å². The number of methoxy groups -OCH3 is 2. The summed E-state index contributed by atoms with van der Waals surface area (Å²) in [5, 5.41) is 0.858. The molecule has 30 heavy (non-hydrogen) atoms. The zero-order chi connectivity index (χ0) is 21.1. The summed E-state index contributed by atoms with van der Waals surface area (Å²) in [5.41, 5.74) is 3.26. The lowest BCUT2D eigenvalue weighted by Gasteiger charge is -2.19. The molecule has 2 aromatic carbocycles. The SMILES string of the molecule is COc1ccc(C2=CN3C(=O)c4cc(OC)c(OCCCBr)cc4N=C[C@@H]3C2)cc1. The van der Waals surface area contributed by atoms with Crippen LogP contribution in [0.1, 0.15) is 28.8 Å². The summed E-state index contributed by atoms with van der Waals surface area (Å²) in [4.78, 5) is 19.7. The van der Waals surface area contributed by atoms with E-state index in [4.69, 9.17) is 14.2 Å². The molecule has 6 nitrogen and oxygen atoms in total. The van der Waals surface area contributed by atoms with Crippen molar-refractivity contribution in [2.45, 2.75) is 18.9 Å². The predicted octanol–water partition coefficient (Wildman–Crippen LogP) is 4.84. The number of aliphatic imine (C=N–C) groups is 1. The number of carbonyl (C=O) groups excluding carboxylic acids is 1. The van der Waals surface area contributed by atoms with Crippen molar-refractivity contribution >= 4 is 39.3 Å². The Balaban J connectivity index is 1.63. The largest absolute Gasteiger partial charge is 0.497 e. The summed E-state index contributed by atoms with van der Waals surface area (Å²) in [5.74, 6) is 1.84. The monoisotopic (exact) mass is 470 g/mol. The van der Waals surface area contributed by atoms with E-state index < -0.39 is 0 Å². The fourth-order valence-corrected chi connectivity index (χ4v) is 3.84. The normalized spacial score (nSPS) is 17.2. The van der Waals surface area contributed by atoms with E-state index in [-0.39, 0.29) is 11.9 Å². The van der Waals surface area contributed by atoms with Crippen molar-refractivity contribution in [3.63, 3.8) is 0 Å². The van der Waals surface area contributed by atoms with Gasteiger partial charge in [-0.05, 0) is 35.8 Å². The van der Waals surface area contributed by atoms with Gasteiger partial charge in [-0.2, -0.15) is 0 Å². The van der Waals surface area contributed by atoms with Gasteiger partial charge in [-0.15, -0.1) is 0 Å². The molecule has 0 aliphatic carbocycles. The Kier molecular flexibility index (Phi) is 6.08. The third kappa shape index (κ3) is 3.94. The van der Waals surface area contributed by atoms with Gasteiger partial charge in [0.15, 0.2) is 11.5 Å². The number of fused-ring (bicyclic) bond motifs is 2. The minimum Gasteiger partial charge on any atom is -0.497 e. The molecule has 0 bridgehead atoms. The van der Waals surface area contributed by atoms with Gasteiger partial charge in [0.2, 0.25) is 0 Å². The number of halogens is 1. The van der Waals surface area contributed by atoms with E-state index in [9.17, 15) is 4.79 Å². The number of carbonyl (C=O) groups is 1. The van der Waals surface area contributed by atoms with Crippen LogP contribution in [0.4, 0.5) is 5.69 Å². The maximum Gasteiger partial charge on any atom is 0.260 e. The molecule has 2 aliphatic heterocycles. The minimum atomic E-state index is -0.120. The van der Waals surface area contributed by atoms with Crippen molar-refractivity contribution in [2.75, 3.05) is 26.2 Å². The van der Waals surface area contributed by atoms with Crippen molar-refractivity contribution < 1.29 is 19.0 Å². The number of hydrogen-bond acceptors (Lipinski definition) is 5. The van der Waals surface area contributed by atoms with Gasteiger partial charge in [0.05, 0.1) is 38.1 Å². The Bertz CT molecular complexity index is 1000. The summed E-state index contributed by atoms with van der Waals surface area (Å²) < 4.78 is 16.5. The summed E-state index contributed by atoms with van der Waals surface area (Å²) in [6.45, 7) is 0.556. The quantitative estimate of drug-likeness (QED) is 0.429. The van der Waals surface area contributed by atoms with Crippen LogP contribution in [0.25, 0.3) is 5.57 Å². The van der Waals surface area contributed by atoms with E-state index in [1.807, 2.05) is 36.7 Å². The van der Waals surface area contributed by atoms with Crippen molar-refractivity contribution in [3.8, 4) is 17.2 Å². The third-order valence-electron chi connectivity index (χ3n) is 5.21. The molecule has 2 aromatic rings. The Morgan fingerprint density at radius 3 is 2.63 bits per heavy atom. The highest BCUT2D eigenvalue weighted by Gasteiger charge is 2.33. The van der Waals surface area contributed by atoms with Crippen LogP contribution in [0, 0.1) is 0 Å². The van der Waals surface area contributed by atoms with Crippen LogP contribution in [0.2, 0.25) is 0 Å². The van der Waals surface area contributed by atoms with Gasteiger partial charge in [0.1, 0.15) is 5.75 Å². The number of hydrogen-bond donors (Lipinski definition) is 0. The second-order valence-corrected chi connectivity index (χ2v) is 7.85. The first kappa shape index (κ1) is 20.5. The molecule has 0 aromatic heterocycles. The highest BCUT2D eigenvalue weighted by molar-refractivity contribution is 9.09. The Labute approximate surface area is 184 Å². The van der Waals surface area contributed by atoms with E-state index in [0.717, 1.165) is 28.6 Å². The second kappa shape index (κ2) is 8.92. The molecule has 0 N–H and O–H groups in total. The number of ether oxygens (including phenoxy) is 3. The summed E-state index contributed by atoms with van der Waals surface area (Å²) in [6.07, 6.45) is 5.34. The lowest BCUT2D eigenvalue weighted by molar-refractivity contribution is 0.0817. The van der Waals surface area contributed by atoms with Gasteiger partial charge in [-0.25, -0.2) is 0 Å². The second-order valence-electron chi connectivity index (χ2n) is 7.06. The Morgan fingerprint density at radius 2 is 1.93 bits per heavy atom. The summed E-state index contributed by atoms with van der Waals surface area (Å²) >= 11 is 3.40. The van der Waals surface area contributed by atoms with Crippen molar-refractivity contribution in [3.05, 3.63) is 53.7 Å². The predicted molar refractivity (Wildman–Crippen MR) is 121 cm³/mol. The van der Waals surface area contributed by atoms with Gasteiger partial charge < -0.3 is 19.1 Å². The van der Waals surface area contributed by atoms with Crippen LogP contribution >= 0.6 is 15.9 Å². The van der Waals surface area contributed by atoms with E-state index in [2.05, 4.69) is 20.9 Å². The first-order chi connectivity index (χ1) is 14.6. The van der Waals surface area contributed by atoms with Crippen molar-refractivity contribution in [1.29, 1.82) is 0 Å².